The van der Waals surface area contributed by atoms with Crippen LogP contribution in [0.3, 0.4) is 0 Å². The summed E-state index contributed by atoms with van der Waals surface area (Å²) in [6.07, 6.45) is 5.41. The first-order valence-electron chi connectivity index (χ1n) is 4.96. The maximum absolute atomic E-state index is 11.6. The van der Waals surface area contributed by atoms with Crippen LogP contribution in [0.4, 0.5) is 0 Å². The van der Waals surface area contributed by atoms with E-state index >= 15 is 0 Å². The van der Waals surface area contributed by atoms with Crippen LogP contribution in [0.5, 0.6) is 0 Å². The van der Waals surface area contributed by atoms with Crippen LogP contribution in [-0.4, -0.2) is 9.97 Å². The number of aromatic nitrogens is 2. The number of H-pyrrole nitrogens is 1. The molecule has 0 amide bonds. The standard InChI is InChI=1S/C10H12N2O/c13-10-7-2-1-3-8(7)11-9(12-10)6-4-5-6/h6H,1-5H2,(H,11,12,13). The summed E-state index contributed by atoms with van der Waals surface area (Å²) in [4.78, 5) is 19.0. The van der Waals surface area contributed by atoms with Crippen LogP contribution < -0.4 is 5.56 Å². The van der Waals surface area contributed by atoms with Crippen molar-refractivity contribution in [1.29, 1.82) is 0 Å². The Morgan fingerprint density at radius 1 is 1.31 bits per heavy atom. The third kappa shape index (κ3) is 1.10. The van der Waals surface area contributed by atoms with Crippen molar-refractivity contribution in [3.63, 3.8) is 0 Å². The molecule has 1 fully saturated rings. The zero-order chi connectivity index (χ0) is 8.84. The summed E-state index contributed by atoms with van der Waals surface area (Å²) in [6.45, 7) is 0. The van der Waals surface area contributed by atoms with Crippen molar-refractivity contribution in [2.75, 3.05) is 0 Å². The molecule has 2 aliphatic carbocycles. The molecule has 3 rings (SSSR count). The molecule has 0 bridgehead atoms. The average molecular weight is 176 g/mol. The van der Waals surface area contributed by atoms with Gasteiger partial charge in [-0.1, -0.05) is 0 Å². The van der Waals surface area contributed by atoms with Gasteiger partial charge in [-0.2, -0.15) is 0 Å². The van der Waals surface area contributed by atoms with Gasteiger partial charge < -0.3 is 4.98 Å². The summed E-state index contributed by atoms with van der Waals surface area (Å²) in [5.41, 5.74) is 2.11. The van der Waals surface area contributed by atoms with Crippen LogP contribution in [0.25, 0.3) is 0 Å². The first kappa shape index (κ1) is 7.30. The Labute approximate surface area is 76.2 Å². The minimum absolute atomic E-state index is 0.115. The van der Waals surface area contributed by atoms with Crippen molar-refractivity contribution in [3.8, 4) is 0 Å². The average Bonchev–Trinajstić information content (AvgIpc) is 2.85. The maximum Gasteiger partial charge on any atom is 0.254 e. The van der Waals surface area contributed by atoms with Crippen LogP contribution in [-0.2, 0) is 12.8 Å². The number of nitrogens with zero attached hydrogens (tertiary/aromatic N) is 1. The highest BCUT2D eigenvalue weighted by Gasteiger charge is 2.28. The van der Waals surface area contributed by atoms with E-state index in [1.54, 1.807) is 0 Å². The van der Waals surface area contributed by atoms with Gasteiger partial charge in [0.1, 0.15) is 5.82 Å². The molecule has 0 unspecified atom stereocenters. The second kappa shape index (κ2) is 2.44. The van der Waals surface area contributed by atoms with Gasteiger partial charge in [0.05, 0.1) is 5.69 Å². The molecule has 2 aliphatic rings. The zero-order valence-electron chi connectivity index (χ0n) is 7.47. The monoisotopic (exact) mass is 176 g/mol. The lowest BCUT2D eigenvalue weighted by molar-refractivity contribution is 0.864. The molecule has 1 N–H and O–H groups in total. The van der Waals surface area contributed by atoms with Gasteiger partial charge in [-0.05, 0) is 32.1 Å². The van der Waals surface area contributed by atoms with Gasteiger partial charge in [-0.15, -0.1) is 0 Å². The fraction of sp³-hybridized carbons (Fsp3) is 0.600. The number of rotatable bonds is 1. The van der Waals surface area contributed by atoms with Crippen molar-refractivity contribution in [1.82, 2.24) is 9.97 Å². The van der Waals surface area contributed by atoms with E-state index in [1.165, 1.54) is 12.8 Å². The van der Waals surface area contributed by atoms with Crippen molar-refractivity contribution in [2.45, 2.75) is 38.0 Å². The van der Waals surface area contributed by atoms with E-state index in [9.17, 15) is 4.79 Å². The van der Waals surface area contributed by atoms with Gasteiger partial charge in [-0.3, -0.25) is 4.79 Å². The van der Waals surface area contributed by atoms with Crippen LogP contribution in [0, 0.1) is 0 Å². The summed E-state index contributed by atoms with van der Waals surface area (Å²) in [5.74, 6) is 1.49. The molecule has 13 heavy (non-hydrogen) atoms. The molecule has 0 radical (unpaired) electrons. The highest BCUT2D eigenvalue weighted by molar-refractivity contribution is 5.24. The van der Waals surface area contributed by atoms with E-state index in [2.05, 4.69) is 9.97 Å². The van der Waals surface area contributed by atoms with Gasteiger partial charge in [0.2, 0.25) is 0 Å². The molecule has 3 nitrogen and oxygen atoms in total. The highest BCUT2D eigenvalue weighted by Crippen LogP contribution is 2.37. The summed E-state index contributed by atoms with van der Waals surface area (Å²) >= 11 is 0. The molecule has 0 aliphatic heterocycles. The molecular formula is C10H12N2O. The van der Waals surface area contributed by atoms with Gasteiger partial charge in [0, 0.05) is 11.5 Å². The normalized spacial score (nSPS) is 20.3. The predicted octanol–water partition coefficient (Wildman–Crippen LogP) is 1.14. The lowest BCUT2D eigenvalue weighted by Gasteiger charge is -2.01. The summed E-state index contributed by atoms with van der Waals surface area (Å²) < 4.78 is 0. The van der Waals surface area contributed by atoms with E-state index in [4.69, 9.17) is 0 Å². The maximum atomic E-state index is 11.6. The molecule has 0 atom stereocenters. The molecule has 0 saturated heterocycles. The molecule has 68 valence electrons. The highest BCUT2D eigenvalue weighted by atomic mass is 16.1. The lowest BCUT2D eigenvalue weighted by Crippen LogP contribution is -2.16. The van der Waals surface area contributed by atoms with Gasteiger partial charge in [0.25, 0.3) is 5.56 Å². The molecule has 3 heteroatoms. The van der Waals surface area contributed by atoms with Crippen LogP contribution >= 0.6 is 0 Å². The second-order valence-electron chi connectivity index (χ2n) is 4.00. The third-order valence-electron chi connectivity index (χ3n) is 2.92. The Kier molecular flexibility index (Phi) is 1.37. The predicted molar refractivity (Wildman–Crippen MR) is 48.9 cm³/mol. The van der Waals surface area contributed by atoms with Crippen molar-refractivity contribution >= 4 is 0 Å². The van der Waals surface area contributed by atoms with E-state index < -0.39 is 0 Å². The van der Waals surface area contributed by atoms with E-state index in [1.807, 2.05) is 0 Å². The van der Waals surface area contributed by atoms with Crippen molar-refractivity contribution in [2.24, 2.45) is 0 Å². The number of hydrogen-bond donors (Lipinski definition) is 1. The topological polar surface area (TPSA) is 45.8 Å². The van der Waals surface area contributed by atoms with E-state index in [-0.39, 0.29) is 5.56 Å². The van der Waals surface area contributed by atoms with Crippen molar-refractivity contribution in [3.05, 3.63) is 27.4 Å². The Balaban J connectivity index is 2.16. The third-order valence-corrected chi connectivity index (χ3v) is 2.92. The van der Waals surface area contributed by atoms with Crippen LogP contribution in [0.15, 0.2) is 4.79 Å². The number of aromatic amines is 1. The summed E-state index contributed by atoms with van der Waals surface area (Å²) in [7, 11) is 0. The fourth-order valence-corrected chi connectivity index (χ4v) is 2.01. The molecule has 1 heterocycles. The molecular weight excluding hydrogens is 164 g/mol. The Morgan fingerprint density at radius 2 is 2.15 bits per heavy atom. The summed E-state index contributed by atoms with van der Waals surface area (Å²) in [6, 6.07) is 0. The largest absolute Gasteiger partial charge is 0.310 e. The lowest BCUT2D eigenvalue weighted by atomic mass is 10.2. The molecule has 1 aromatic heterocycles. The first-order chi connectivity index (χ1) is 6.34. The van der Waals surface area contributed by atoms with Crippen LogP contribution in [0.2, 0.25) is 0 Å². The fourth-order valence-electron chi connectivity index (χ4n) is 2.01. The first-order valence-corrected chi connectivity index (χ1v) is 4.96. The van der Waals surface area contributed by atoms with Crippen molar-refractivity contribution < 1.29 is 0 Å². The minimum atomic E-state index is 0.115. The van der Waals surface area contributed by atoms with Gasteiger partial charge in [-0.25, -0.2) is 4.98 Å². The number of nitrogens with one attached hydrogen (secondary N) is 1. The number of fused-ring (bicyclic) bond motifs is 1. The molecule has 1 aromatic rings. The van der Waals surface area contributed by atoms with Gasteiger partial charge >= 0.3 is 0 Å². The molecule has 1 saturated carbocycles. The smallest absolute Gasteiger partial charge is 0.254 e. The Bertz CT molecular complexity index is 404. The quantitative estimate of drug-likeness (QED) is 0.697. The summed E-state index contributed by atoms with van der Waals surface area (Å²) in [5, 5.41) is 0. The number of aryl methyl sites for hydroxylation is 1. The zero-order valence-corrected chi connectivity index (χ0v) is 7.47. The minimum Gasteiger partial charge on any atom is -0.310 e. The van der Waals surface area contributed by atoms with Crippen LogP contribution in [0.1, 0.15) is 42.3 Å². The Morgan fingerprint density at radius 3 is 2.92 bits per heavy atom. The van der Waals surface area contributed by atoms with E-state index in [0.29, 0.717) is 5.92 Å². The molecule has 0 aromatic carbocycles. The molecule has 0 spiro atoms. The van der Waals surface area contributed by atoms with E-state index in [0.717, 1.165) is 36.3 Å². The Hall–Kier alpha value is -1.12. The second-order valence-corrected chi connectivity index (χ2v) is 4.00. The SMILES string of the molecule is O=c1[nH]c(C2CC2)nc2c1CCC2. The van der Waals surface area contributed by atoms with Gasteiger partial charge in [0.15, 0.2) is 0 Å². The number of hydrogen-bond acceptors (Lipinski definition) is 2.